The lowest BCUT2D eigenvalue weighted by molar-refractivity contribution is -0.119. The largest absolute Gasteiger partial charge is 0.453 e. The molecule has 11 heteroatoms. The second-order valence-corrected chi connectivity index (χ2v) is 11.7. The van der Waals surface area contributed by atoms with Crippen LogP contribution in [-0.4, -0.2) is 47.7 Å². The van der Waals surface area contributed by atoms with Gasteiger partial charge in [0.05, 0.1) is 29.6 Å². The second kappa shape index (κ2) is 13.6. The number of methoxy groups -OCH3 is 1. The molecule has 9 nitrogen and oxygen atoms in total. The molecule has 2 aromatic rings. The molecule has 0 radical (unpaired) electrons. The van der Waals surface area contributed by atoms with Crippen LogP contribution >= 0.6 is 11.6 Å². The zero-order valence-corrected chi connectivity index (χ0v) is 25.7. The molecule has 2 bridgehead atoms. The van der Waals surface area contributed by atoms with E-state index in [-0.39, 0.29) is 16.9 Å². The summed E-state index contributed by atoms with van der Waals surface area (Å²) in [6, 6.07) is 8.53. The van der Waals surface area contributed by atoms with Crippen molar-refractivity contribution in [2.45, 2.75) is 64.5 Å². The quantitative estimate of drug-likeness (QED) is 0.359. The summed E-state index contributed by atoms with van der Waals surface area (Å²) in [7, 11) is 1.28. The lowest BCUT2D eigenvalue weighted by Gasteiger charge is -2.38. The van der Waals surface area contributed by atoms with E-state index in [9.17, 15) is 14.4 Å². The maximum atomic E-state index is 15.4. The number of carbonyl (C=O) groups is 3. The molecule has 3 atom stereocenters. The van der Waals surface area contributed by atoms with Crippen LogP contribution in [0.25, 0.3) is 11.1 Å². The molecule has 1 aromatic carbocycles. The van der Waals surface area contributed by atoms with Crippen LogP contribution in [0.15, 0.2) is 70.7 Å². The van der Waals surface area contributed by atoms with Crippen molar-refractivity contribution in [1.29, 1.82) is 0 Å². The van der Waals surface area contributed by atoms with Gasteiger partial charge in [-0.25, -0.2) is 14.0 Å². The van der Waals surface area contributed by atoms with Gasteiger partial charge in [-0.2, -0.15) is 0 Å². The van der Waals surface area contributed by atoms with Crippen molar-refractivity contribution in [2.24, 2.45) is 5.92 Å². The van der Waals surface area contributed by atoms with E-state index < -0.39 is 30.2 Å². The summed E-state index contributed by atoms with van der Waals surface area (Å²) in [6.45, 7) is 4.05. The highest BCUT2D eigenvalue weighted by Gasteiger charge is 2.37. The molecule has 3 unspecified atom stereocenters. The van der Waals surface area contributed by atoms with Crippen LogP contribution in [0.3, 0.4) is 0 Å². The zero-order chi connectivity index (χ0) is 31.4. The molecule has 44 heavy (non-hydrogen) atoms. The molecule has 1 fully saturated rings. The van der Waals surface area contributed by atoms with Crippen molar-refractivity contribution in [3.63, 3.8) is 0 Å². The number of halogens is 2. The van der Waals surface area contributed by atoms with Crippen molar-refractivity contribution >= 4 is 41.1 Å². The molecular weight excluding hydrogens is 587 g/mol. The van der Waals surface area contributed by atoms with Gasteiger partial charge < -0.3 is 14.8 Å². The summed E-state index contributed by atoms with van der Waals surface area (Å²) in [5.41, 5.74) is 4.34. The minimum atomic E-state index is -0.743. The van der Waals surface area contributed by atoms with Crippen LogP contribution in [-0.2, 0) is 14.3 Å². The number of amides is 3. The van der Waals surface area contributed by atoms with E-state index in [4.69, 9.17) is 21.1 Å². The first-order chi connectivity index (χ1) is 21.2. The van der Waals surface area contributed by atoms with Crippen molar-refractivity contribution < 1.29 is 28.2 Å². The van der Waals surface area contributed by atoms with E-state index in [0.29, 0.717) is 61.3 Å². The SMILES string of the molecule is COC(=O)Nc1ccc2c(c1)NC(=O)C(C)CCCC(N1CCC(C3=C(C)CCC=CC(Cl)=C3F)OC1=O)c1cc-2ccn1. The molecule has 3 heterocycles. The maximum Gasteiger partial charge on any atom is 0.411 e. The number of fused-ring (bicyclic) bond motifs is 4. The van der Waals surface area contributed by atoms with Gasteiger partial charge in [-0.3, -0.25) is 20.0 Å². The number of nitrogens with zero attached hydrogens (tertiary/aromatic N) is 2. The molecule has 3 aliphatic rings. The Kier molecular flexibility index (Phi) is 9.68. The molecule has 2 N–H and O–H groups in total. The van der Waals surface area contributed by atoms with Gasteiger partial charge in [0.2, 0.25) is 5.91 Å². The number of ether oxygens (including phenoxy) is 2. The van der Waals surface area contributed by atoms with Gasteiger partial charge in [0.25, 0.3) is 0 Å². The number of aromatic nitrogens is 1. The monoisotopic (exact) mass is 622 g/mol. The van der Waals surface area contributed by atoms with Crippen molar-refractivity contribution in [1.82, 2.24) is 9.88 Å². The fourth-order valence-corrected chi connectivity index (χ4v) is 6.11. The Morgan fingerprint density at radius 2 is 2.02 bits per heavy atom. The van der Waals surface area contributed by atoms with E-state index in [1.54, 1.807) is 35.4 Å². The Morgan fingerprint density at radius 1 is 1.20 bits per heavy atom. The fourth-order valence-electron chi connectivity index (χ4n) is 5.92. The van der Waals surface area contributed by atoms with Gasteiger partial charge in [-0.05, 0) is 68.5 Å². The maximum absolute atomic E-state index is 15.4. The van der Waals surface area contributed by atoms with Crippen LogP contribution in [0.4, 0.5) is 25.4 Å². The Morgan fingerprint density at radius 3 is 2.80 bits per heavy atom. The van der Waals surface area contributed by atoms with Gasteiger partial charge in [-0.15, -0.1) is 0 Å². The Hall–Kier alpha value is -4.18. The molecule has 1 saturated heterocycles. The Balaban J connectivity index is 1.47. The van der Waals surface area contributed by atoms with Gasteiger partial charge >= 0.3 is 12.2 Å². The van der Waals surface area contributed by atoms with Crippen molar-refractivity contribution in [2.75, 3.05) is 24.3 Å². The van der Waals surface area contributed by atoms with Crippen LogP contribution in [0.2, 0.25) is 0 Å². The summed E-state index contributed by atoms with van der Waals surface area (Å²) in [5.74, 6) is -1.02. The van der Waals surface area contributed by atoms with Crippen LogP contribution in [0, 0.1) is 5.92 Å². The molecule has 1 aliphatic carbocycles. The third-order valence-corrected chi connectivity index (χ3v) is 8.66. The van der Waals surface area contributed by atoms with Crippen LogP contribution in [0.1, 0.15) is 64.1 Å². The second-order valence-electron chi connectivity index (χ2n) is 11.3. The number of carbonyl (C=O) groups excluding carboxylic acids is 3. The molecule has 2 aliphatic heterocycles. The fraction of sp³-hybridized carbons (Fsp3) is 0.394. The number of hydrogen-bond acceptors (Lipinski definition) is 6. The summed E-state index contributed by atoms with van der Waals surface area (Å²) >= 11 is 6.20. The number of pyridine rings is 1. The van der Waals surface area contributed by atoms with Crippen molar-refractivity contribution in [3.8, 4) is 11.1 Å². The molecule has 0 saturated carbocycles. The van der Waals surface area contributed by atoms with E-state index in [0.717, 1.165) is 23.1 Å². The number of cyclic esters (lactones) is 1. The van der Waals surface area contributed by atoms with Gasteiger partial charge in [-0.1, -0.05) is 42.7 Å². The molecular formula is C33H36ClFN4O5. The van der Waals surface area contributed by atoms with E-state index in [1.165, 1.54) is 7.11 Å². The number of hydrogen-bond donors (Lipinski definition) is 2. The van der Waals surface area contributed by atoms with Crippen LogP contribution < -0.4 is 10.6 Å². The standard InChI is InChI=1S/C33H36ClFN4O5/c1-19-7-4-5-9-24(34)30(35)29(19)28-14-16-39(33(42)44-28)27-10-6-8-20(2)31(40)38-25-18-22(37-32(41)43-3)11-12-23(25)21-13-15-36-26(27)17-21/h5,9,11-13,15,17-18,20,27-28H,4,6-8,10,14,16H2,1-3H3,(H,37,41)(H,38,40). The first-order valence-corrected chi connectivity index (χ1v) is 15.2. The van der Waals surface area contributed by atoms with Crippen molar-refractivity contribution in [3.05, 3.63) is 76.4 Å². The highest BCUT2D eigenvalue weighted by molar-refractivity contribution is 6.31. The van der Waals surface area contributed by atoms with Gasteiger partial charge in [0.15, 0.2) is 0 Å². The predicted molar refractivity (Wildman–Crippen MR) is 167 cm³/mol. The normalized spacial score (nSPS) is 22.9. The average molecular weight is 623 g/mol. The Bertz CT molecular complexity index is 1550. The predicted octanol–water partition coefficient (Wildman–Crippen LogP) is 8.02. The molecule has 5 rings (SSSR count). The first-order valence-electron chi connectivity index (χ1n) is 14.8. The number of anilines is 2. The topological polar surface area (TPSA) is 110 Å². The van der Waals surface area contributed by atoms with Gasteiger partial charge in [0.1, 0.15) is 11.9 Å². The summed E-state index contributed by atoms with van der Waals surface area (Å²) in [4.78, 5) is 44.9. The summed E-state index contributed by atoms with van der Waals surface area (Å²) in [6.07, 6.45) is 6.72. The van der Waals surface area contributed by atoms with E-state index in [1.807, 2.05) is 32.1 Å². The smallest absolute Gasteiger partial charge is 0.411 e. The minimum Gasteiger partial charge on any atom is -0.453 e. The molecule has 232 valence electrons. The number of rotatable bonds is 3. The van der Waals surface area contributed by atoms with E-state index in [2.05, 4.69) is 15.6 Å². The first kappa shape index (κ1) is 31.3. The summed E-state index contributed by atoms with van der Waals surface area (Å²) < 4.78 is 26.0. The number of benzene rings is 1. The molecule has 3 amide bonds. The van der Waals surface area contributed by atoms with Crippen LogP contribution in [0.5, 0.6) is 0 Å². The molecule has 1 aromatic heterocycles. The van der Waals surface area contributed by atoms with E-state index >= 15 is 4.39 Å². The molecule has 0 spiro atoms. The third kappa shape index (κ3) is 6.80. The average Bonchev–Trinajstić information content (AvgIpc) is 3.01. The number of nitrogens with one attached hydrogen (secondary N) is 2. The highest BCUT2D eigenvalue weighted by Crippen LogP contribution is 2.39. The lowest BCUT2D eigenvalue weighted by atomic mass is 9.92. The minimum absolute atomic E-state index is 0.00416. The number of allylic oxidation sites excluding steroid dienone is 4. The van der Waals surface area contributed by atoms with Gasteiger partial charge in [0, 0.05) is 41.9 Å². The lowest BCUT2D eigenvalue weighted by Crippen LogP contribution is -2.45. The summed E-state index contributed by atoms with van der Waals surface area (Å²) in [5, 5.41) is 5.66. The Labute approximate surface area is 261 Å². The zero-order valence-electron chi connectivity index (χ0n) is 25.0. The highest BCUT2D eigenvalue weighted by atomic mass is 35.5. The third-order valence-electron chi connectivity index (χ3n) is 8.37.